The molecule has 1 aliphatic heterocycles. The van der Waals surface area contributed by atoms with E-state index in [1.54, 1.807) is 0 Å². The number of hydrogen-bond acceptors (Lipinski definition) is 2. The number of hydrogen-bond donors (Lipinski definition) is 0. The van der Waals surface area contributed by atoms with Gasteiger partial charge in [0, 0.05) is 36.4 Å². The van der Waals surface area contributed by atoms with Crippen molar-refractivity contribution >= 4 is 5.70 Å². The van der Waals surface area contributed by atoms with Crippen LogP contribution in [0, 0.1) is 5.92 Å². The van der Waals surface area contributed by atoms with Crippen molar-refractivity contribution in [3.8, 4) is 0 Å². The van der Waals surface area contributed by atoms with Gasteiger partial charge in [0.1, 0.15) is 0 Å². The van der Waals surface area contributed by atoms with Gasteiger partial charge in [0.25, 0.3) is 0 Å². The Morgan fingerprint density at radius 2 is 1.70 bits per heavy atom. The minimum Gasteiger partial charge on any atom is -0.348 e. The van der Waals surface area contributed by atoms with Gasteiger partial charge < -0.3 is 9.80 Å². The lowest BCUT2D eigenvalue weighted by Crippen LogP contribution is -2.26. The fourth-order valence-corrected chi connectivity index (χ4v) is 4.88. The first-order valence-corrected chi connectivity index (χ1v) is 12.7. The molecule has 0 aliphatic carbocycles. The lowest BCUT2D eigenvalue weighted by molar-refractivity contribution is 0.457. The van der Waals surface area contributed by atoms with Crippen LogP contribution in [0.2, 0.25) is 0 Å². The van der Waals surface area contributed by atoms with Crippen molar-refractivity contribution in [1.29, 1.82) is 0 Å². The van der Waals surface area contributed by atoms with E-state index in [1.807, 2.05) is 6.08 Å². The molecule has 2 heteroatoms. The Hall–Kier alpha value is -2.74. The first kappa shape index (κ1) is 26.5. The topological polar surface area (TPSA) is 6.48 Å². The van der Waals surface area contributed by atoms with Crippen LogP contribution in [0.25, 0.3) is 5.70 Å². The third kappa shape index (κ3) is 6.19. The van der Waals surface area contributed by atoms with Crippen LogP contribution in [0.4, 0.5) is 0 Å². The first-order chi connectivity index (χ1) is 16.0. The van der Waals surface area contributed by atoms with E-state index >= 15 is 0 Å². The SMILES string of the molecule is C=CC1=C(C/C=C(\CC)N(C)/C(=C/CC)c2ccccc2)C(C(CC)CC)=CC(=C)N1CC. The lowest BCUT2D eigenvalue weighted by Gasteiger charge is -2.35. The van der Waals surface area contributed by atoms with Gasteiger partial charge in [0.05, 0.1) is 0 Å². The molecule has 33 heavy (non-hydrogen) atoms. The van der Waals surface area contributed by atoms with Gasteiger partial charge in [-0.1, -0.05) is 83.3 Å². The van der Waals surface area contributed by atoms with E-state index in [1.165, 1.54) is 33.8 Å². The fourth-order valence-electron chi connectivity index (χ4n) is 4.88. The highest BCUT2D eigenvalue weighted by atomic mass is 15.1. The van der Waals surface area contributed by atoms with Gasteiger partial charge in [-0.2, -0.15) is 0 Å². The molecule has 0 fully saturated rings. The number of likely N-dealkylation sites (N-methyl/N-ethyl adjacent to an activating group) is 1. The monoisotopic (exact) mass is 444 g/mol. The van der Waals surface area contributed by atoms with Gasteiger partial charge in [-0.05, 0) is 73.8 Å². The summed E-state index contributed by atoms with van der Waals surface area (Å²) in [4.78, 5) is 4.66. The Labute approximate surface area is 203 Å². The lowest BCUT2D eigenvalue weighted by atomic mass is 9.83. The number of benzene rings is 1. The highest BCUT2D eigenvalue weighted by molar-refractivity contribution is 5.65. The molecule has 0 spiro atoms. The van der Waals surface area contributed by atoms with Gasteiger partial charge in [0.15, 0.2) is 0 Å². The van der Waals surface area contributed by atoms with E-state index in [0.717, 1.165) is 44.3 Å². The zero-order chi connectivity index (χ0) is 24.4. The van der Waals surface area contributed by atoms with Crippen LogP contribution in [-0.2, 0) is 0 Å². The zero-order valence-corrected chi connectivity index (χ0v) is 21.8. The van der Waals surface area contributed by atoms with Crippen molar-refractivity contribution in [1.82, 2.24) is 9.80 Å². The van der Waals surface area contributed by atoms with Gasteiger partial charge in [-0.25, -0.2) is 0 Å². The van der Waals surface area contributed by atoms with Gasteiger partial charge in [-0.3, -0.25) is 0 Å². The van der Waals surface area contributed by atoms with Crippen LogP contribution in [0.1, 0.15) is 72.3 Å². The maximum Gasteiger partial charge on any atom is 0.0443 e. The highest BCUT2D eigenvalue weighted by Crippen LogP contribution is 2.38. The Balaban J connectivity index is 2.49. The highest BCUT2D eigenvalue weighted by Gasteiger charge is 2.25. The van der Waals surface area contributed by atoms with E-state index in [4.69, 9.17) is 0 Å². The molecule has 1 heterocycles. The molecule has 2 rings (SSSR count). The second-order valence-corrected chi connectivity index (χ2v) is 8.59. The molecule has 0 unspecified atom stereocenters. The summed E-state index contributed by atoms with van der Waals surface area (Å²) in [6, 6.07) is 10.7. The normalized spacial score (nSPS) is 15.3. The summed E-state index contributed by atoms with van der Waals surface area (Å²) in [5.74, 6) is 0.543. The minimum absolute atomic E-state index is 0.543. The third-order valence-electron chi connectivity index (χ3n) is 6.72. The summed E-state index contributed by atoms with van der Waals surface area (Å²) in [5, 5.41) is 0. The molecule has 0 saturated carbocycles. The summed E-state index contributed by atoms with van der Waals surface area (Å²) in [5.41, 5.74) is 8.99. The molecule has 0 saturated heterocycles. The van der Waals surface area contributed by atoms with E-state index in [-0.39, 0.29) is 0 Å². The smallest absolute Gasteiger partial charge is 0.0443 e. The molecule has 0 radical (unpaired) electrons. The van der Waals surface area contributed by atoms with Crippen molar-refractivity contribution in [3.05, 3.63) is 102 Å². The molecule has 0 aromatic heterocycles. The Bertz CT molecular complexity index is 923. The van der Waals surface area contributed by atoms with Crippen molar-refractivity contribution in [3.63, 3.8) is 0 Å². The quantitative estimate of drug-likeness (QED) is 0.318. The van der Waals surface area contributed by atoms with Crippen LogP contribution < -0.4 is 0 Å². The average Bonchev–Trinajstić information content (AvgIpc) is 2.84. The van der Waals surface area contributed by atoms with Crippen LogP contribution in [0.15, 0.2) is 96.0 Å². The van der Waals surface area contributed by atoms with Crippen molar-refractivity contribution in [2.45, 2.75) is 66.7 Å². The largest absolute Gasteiger partial charge is 0.348 e. The number of rotatable bonds is 12. The van der Waals surface area contributed by atoms with E-state index in [0.29, 0.717) is 5.92 Å². The Kier molecular flexibility index (Phi) is 10.5. The molecule has 178 valence electrons. The molecule has 1 aliphatic rings. The van der Waals surface area contributed by atoms with Crippen LogP contribution in [-0.4, -0.2) is 23.4 Å². The molecular formula is C31H44N2. The predicted octanol–water partition coefficient (Wildman–Crippen LogP) is 8.71. The van der Waals surface area contributed by atoms with Crippen LogP contribution in [0.5, 0.6) is 0 Å². The molecule has 1 aromatic rings. The average molecular weight is 445 g/mol. The van der Waals surface area contributed by atoms with E-state index in [9.17, 15) is 0 Å². The van der Waals surface area contributed by atoms with E-state index in [2.05, 4.69) is 113 Å². The fraction of sp³-hybridized carbons (Fsp3) is 0.419. The Morgan fingerprint density at radius 1 is 1.03 bits per heavy atom. The maximum atomic E-state index is 4.35. The van der Waals surface area contributed by atoms with Gasteiger partial charge in [0.2, 0.25) is 0 Å². The zero-order valence-electron chi connectivity index (χ0n) is 21.8. The van der Waals surface area contributed by atoms with E-state index < -0.39 is 0 Å². The summed E-state index contributed by atoms with van der Waals surface area (Å²) < 4.78 is 0. The van der Waals surface area contributed by atoms with Crippen molar-refractivity contribution in [2.24, 2.45) is 5.92 Å². The number of allylic oxidation sites excluding steroid dienone is 7. The van der Waals surface area contributed by atoms with Crippen LogP contribution >= 0.6 is 0 Å². The molecule has 2 nitrogen and oxygen atoms in total. The van der Waals surface area contributed by atoms with Gasteiger partial charge in [-0.15, -0.1) is 0 Å². The van der Waals surface area contributed by atoms with Crippen molar-refractivity contribution in [2.75, 3.05) is 13.6 Å². The molecule has 0 atom stereocenters. The second kappa shape index (κ2) is 13.1. The number of nitrogens with zero attached hydrogens (tertiary/aromatic N) is 2. The van der Waals surface area contributed by atoms with Crippen molar-refractivity contribution < 1.29 is 0 Å². The summed E-state index contributed by atoms with van der Waals surface area (Å²) in [6.45, 7) is 20.6. The molecule has 0 amide bonds. The molecule has 0 bridgehead atoms. The van der Waals surface area contributed by atoms with Gasteiger partial charge >= 0.3 is 0 Å². The second-order valence-electron chi connectivity index (χ2n) is 8.59. The molecule has 1 aromatic carbocycles. The summed E-state index contributed by atoms with van der Waals surface area (Å²) >= 11 is 0. The molecule has 0 N–H and O–H groups in total. The maximum absolute atomic E-state index is 4.35. The molecular weight excluding hydrogens is 400 g/mol. The summed E-state index contributed by atoms with van der Waals surface area (Å²) in [6.07, 6.45) is 14.2. The summed E-state index contributed by atoms with van der Waals surface area (Å²) in [7, 11) is 2.20. The first-order valence-electron chi connectivity index (χ1n) is 12.7. The minimum atomic E-state index is 0.543. The van der Waals surface area contributed by atoms with Crippen LogP contribution in [0.3, 0.4) is 0 Å². The third-order valence-corrected chi connectivity index (χ3v) is 6.72. The predicted molar refractivity (Wildman–Crippen MR) is 146 cm³/mol. The standard InChI is InChI=1S/C31H44N2/c1-9-18-31(26-19-16-15-17-20-26)32(8)27(12-4)21-22-28-29(25(10-2)11-3)23-24(7)33(14-6)30(28)13-5/h13,15-21,23,25H,5,7,9-12,14,22H2,1-4,6,8H3/b27-21+,31-18+. The Morgan fingerprint density at radius 3 is 2.21 bits per heavy atom.